The Labute approximate surface area is 171 Å². The predicted octanol–water partition coefficient (Wildman–Crippen LogP) is 4.07. The van der Waals surface area contributed by atoms with E-state index in [-0.39, 0.29) is 5.56 Å². The van der Waals surface area contributed by atoms with Crippen molar-refractivity contribution < 1.29 is 4.74 Å². The average Bonchev–Trinajstić information content (AvgIpc) is 2.90. The molecule has 0 N–H and O–H groups in total. The number of rotatable bonds is 4. The summed E-state index contributed by atoms with van der Waals surface area (Å²) in [6, 6.07) is 17.1. The van der Waals surface area contributed by atoms with Crippen LogP contribution in [0.4, 0.5) is 0 Å². The Kier molecular flexibility index (Phi) is 4.88. The Balaban J connectivity index is 1.28. The molecule has 3 aromatic rings. The summed E-state index contributed by atoms with van der Waals surface area (Å²) < 4.78 is 7.81. The van der Waals surface area contributed by atoms with E-state index in [9.17, 15) is 4.79 Å². The highest BCUT2D eigenvalue weighted by atomic mass is 16.5. The minimum Gasteiger partial charge on any atom is -0.489 e. The van der Waals surface area contributed by atoms with Crippen LogP contribution in [0.3, 0.4) is 0 Å². The van der Waals surface area contributed by atoms with E-state index >= 15 is 0 Å². The smallest absolute Gasteiger partial charge is 0.250 e. The van der Waals surface area contributed by atoms with E-state index in [0.29, 0.717) is 6.61 Å². The number of aryl methyl sites for hydroxylation is 1. The zero-order valence-electron chi connectivity index (χ0n) is 17.1. The number of benzene rings is 2. The molecule has 2 aliphatic rings. The maximum absolute atomic E-state index is 11.8. The van der Waals surface area contributed by atoms with E-state index in [1.54, 1.807) is 10.6 Å². The van der Waals surface area contributed by atoms with Gasteiger partial charge in [-0.05, 0) is 78.1 Å². The van der Waals surface area contributed by atoms with Gasteiger partial charge in [-0.25, -0.2) is 0 Å². The molecule has 0 atom stereocenters. The molecule has 0 radical (unpaired) electrons. The molecule has 5 rings (SSSR count). The summed E-state index contributed by atoms with van der Waals surface area (Å²) in [6.07, 6.45) is 6.43. The van der Waals surface area contributed by atoms with Crippen molar-refractivity contribution in [2.24, 2.45) is 7.05 Å². The molecule has 1 aliphatic heterocycles. The van der Waals surface area contributed by atoms with E-state index in [1.807, 2.05) is 25.2 Å². The third-order valence-corrected chi connectivity index (χ3v) is 6.70. The van der Waals surface area contributed by atoms with Gasteiger partial charge in [0.1, 0.15) is 12.4 Å². The molecule has 0 saturated heterocycles. The molecule has 4 nitrogen and oxygen atoms in total. The predicted molar refractivity (Wildman–Crippen MR) is 117 cm³/mol. The molecule has 1 aliphatic carbocycles. The quantitative estimate of drug-likeness (QED) is 0.676. The molecular formula is C25H28N2O2. The second-order valence-electron chi connectivity index (χ2n) is 8.46. The van der Waals surface area contributed by atoms with Crippen LogP contribution in [0.15, 0.2) is 53.3 Å². The van der Waals surface area contributed by atoms with Gasteiger partial charge in [0.25, 0.3) is 5.56 Å². The van der Waals surface area contributed by atoms with Crippen molar-refractivity contribution in [2.45, 2.75) is 44.8 Å². The number of pyridine rings is 1. The van der Waals surface area contributed by atoms with Gasteiger partial charge in [0.15, 0.2) is 0 Å². The molecule has 0 amide bonds. The second kappa shape index (κ2) is 7.68. The van der Waals surface area contributed by atoms with Gasteiger partial charge in [-0.1, -0.05) is 18.6 Å². The molecular weight excluding hydrogens is 360 g/mol. The van der Waals surface area contributed by atoms with Crippen LogP contribution < -0.4 is 10.3 Å². The summed E-state index contributed by atoms with van der Waals surface area (Å²) in [5.74, 6) is 0.946. The zero-order valence-corrected chi connectivity index (χ0v) is 17.1. The van der Waals surface area contributed by atoms with Crippen molar-refractivity contribution >= 4 is 10.9 Å². The summed E-state index contributed by atoms with van der Waals surface area (Å²) in [4.78, 5) is 14.5. The maximum atomic E-state index is 11.8. The minimum absolute atomic E-state index is 0.0161. The van der Waals surface area contributed by atoms with E-state index < -0.39 is 0 Å². The fourth-order valence-electron chi connectivity index (χ4n) is 4.62. The van der Waals surface area contributed by atoms with Gasteiger partial charge in [0, 0.05) is 32.2 Å². The highest BCUT2D eigenvalue weighted by Crippen LogP contribution is 2.29. The lowest BCUT2D eigenvalue weighted by atomic mass is 9.91. The van der Waals surface area contributed by atoms with Crippen molar-refractivity contribution in [3.05, 3.63) is 75.6 Å². The third-order valence-electron chi connectivity index (χ3n) is 6.70. The number of ether oxygens (including phenoxy) is 1. The van der Waals surface area contributed by atoms with Gasteiger partial charge >= 0.3 is 0 Å². The fraction of sp³-hybridized carbons (Fsp3) is 0.400. The van der Waals surface area contributed by atoms with Crippen molar-refractivity contribution in [1.82, 2.24) is 9.47 Å². The first-order valence-corrected chi connectivity index (χ1v) is 10.7. The van der Waals surface area contributed by atoms with Crippen LogP contribution in [-0.2, 0) is 26.5 Å². The van der Waals surface area contributed by atoms with Crippen LogP contribution in [0.2, 0.25) is 0 Å². The van der Waals surface area contributed by atoms with Gasteiger partial charge in [0.2, 0.25) is 0 Å². The number of hydrogen-bond donors (Lipinski definition) is 0. The van der Waals surface area contributed by atoms with Gasteiger partial charge in [0.05, 0.1) is 5.52 Å². The highest BCUT2D eigenvalue weighted by molar-refractivity contribution is 5.79. The molecule has 1 fully saturated rings. The largest absolute Gasteiger partial charge is 0.489 e. The normalized spacial score (nSPS) is 17.6. The molecule has 29 heavy (non-hydrogen) atoms. The van der Waals surface area contributed by atoms with E-state index in [1.165, 1.54) is 43.5 Å². The number of hydrogen-bond acceptors (Lipinski definition) is 3. The Morgan fingerprint density at radius 3 is 2.59 bits per heavy atom. The van der Waals surface area contributed by atoms with E-state index in [0.717, 1.165) is 41.1 Å². The van der Waals surface area contributed by atoms with E-state index in [2.05, 4.69) is 29.2 Å². The van der Waals surface area contributed by atoms with Crippen LogP contribution in [-0.4, -0.2) is 28.6 Å². The molecule has 0 unspecified atom stereocenters. The fourth-order valence-corrected chi connectivity index (χ4v) is 4.62. The molecule has 2 aromatic carbocycles. The van der Waals surface area contributed by atoms with Crippen LogP contribution in [0, 0.1) is 0 Å². The van der Waals surface area contributed by atoms with Gasteiger partial charge in [-0.3, -0.25) is 9.69 Å². The van der Waals surface area contributed by atoms with Crippen molar-refractivity contribution in [3.8, 4) is 5.75 Å². The molecule has 150 valence electrons. The molecule has 2 heterocycles. The summed E-state index contributed by atoms with van der Waals surface area (Å²) >= 11 is 0. The minimum atomic E-state index is 0.0161. The number of aromatic nitrogens is 1. The standard InChI is InChI=1S/C25H28N2O2/c1-26-24-9-5-18(15-21(24)7-10-25(26)28)17-29-23-8-6-19-11-13-27(22-3-2-4-22)14-12-20(19)16-23/h5-10,15-16,22H,2-4,11-14,17H2,1H3. The summed E-state index contributed by atoms with van der Waals surface area (Å²) in [5.41, 5.74) is 5.00. The Bertz CT molecular complexity index is 1100. The Morgan fingerprint density at radius 1 is 0.966 bits per heavy atom. The molecule has 1 saturated carbocycles. The SMILES string of the molecule is Cn1c(=O)ccc2cc(COc3ccc4c(c3)CCN(C3CCC3)CC4)ccc21. The molecule has 1 aromatic heterocycles. The molecule has 4 heteroatoms. The zero-order chi connectivity index (χ0) is 19.8. The van der Waals surface area contributed by atoms with Gasteiger partial charge in [-0.2, -0.15) is 0 Å². The Hall–Kier alpha value is -2.59. The lowest BCUT2D eigenvalue weighted by molar-refractivity contribution is 0.133. The maximum Gasteiger partial charge on any atom is 0.250 e. The average molecular weight is 389 g/mol. The van der Waals surface area contributed by atoms with Crippen LogP contribution >= 0.6 is 0 Å². The van der Waals surface area contributed by atoms with Crippen LogP contribution in [0.25, 0.3) is 10.9 Å². The van der Waals surface area contributed by atoms with Crippen LogP contribution in [0.1, 0.15) is 36.0 Å². The Morgan fingerprint density at radius 2 is 1.79 bits per heavy atom. The lowest BCUT2D eigenvalue weighted by Gasteiger charge is -2.36. The second-order valence-corrected chi connectivity index (χ2v) is 8.46. The van der Waals surface area contributed by atoms with Gasteiger partial charge in [-0.15, -0.1) is 0 Å². The van der Waals surface area contributed by atoms with Crippen LogP contribution in [0.5, 0.6) is 5.75 Å². The van der Waals surface area contributed by atoms with Crippen molar-refractivity contribution in [3.63, 3.8) is 0 Å². The first-order chi connectivity index (χ1) is 14.2. The highest BCUT2D eigenvalue weighted by Gasteiger charge is 2.26. The molecule has 0 spiro atoms. The monoisotopic (exact) mass is 388 g/mol. The lowest BCUT2D eigenvalue weighted by Crippen LogP contribution is -2.41. The topological polar surface area (TPSA) is 34.5 Å². The summed E-state index contributed by atoms with van der Waals surface area (Å²) in [7, 11) is 1.81. The van der Waals surface area contributed by atoms with Gasteiger partial charge < -0.3 is 9.30 Å². The van der Waals surface area contributed by atoms with Crippen molar-refractivity contribution in [1.29, 1.82) is 0 Å². The van der Waals surface area contributed by atoms with E-state index in [4.69, 9.17) is 4.74 Å². The molecule has 0 bridgehead atoms. The number of nitrogens with zero attached hydrogens (tertiary/aromatic N) is 2. The first-order valence-electron chi connectivity index (χ1n) is 10.7. The third kappa shape index (κ3) is 3.69. The van der Waals surface area contributed by atoms with Crippen molar-refractivity contribution in [2.75, 3.05) is 13.1 Å². The first kappa shape index (κ1) is 18.4. The number of fused-ring (bicyclic) bond motifs is 2. The summed E-state index contributed by atoms with van der Waals surface area (Å²) in [5, 5.41) is 1.06. The summed E-state index contributed by atoms with van der Waals surface area (Å²) in [6.45, 7) is 2.90.